The Kier molecular flexibility index (Phi) is 7.86. The molecule has 1 unspecified atom stereocenters. The second-order valence-corrected chi connectivity index (χ2v) is 6.63. The van der Waals surface area contributed by atoms with Gasteiger partial charge in [0.2, 0.25) is 0 Å². The summed E-state index contributed by atoms with van der Waals surface area (Å²) in [7, 11) is 0. The minimum atomic E-state index is -0.525. The summed E-state index contributed by atoms with van der Waals surface area (Å²) in [6.45, 7) is 4.78. The van der Waals surface area contributed by atoms with Gasteiger partial charge in [-0.15, -0.1) is 24.0 Å². The van der Waals surface area contributed by atoms with Crippen molar-refractivity contribution in [3.63, 3.8) is 0 Å². The lowest BCUT2D eigenvalue weighted by Gasteiger charge is -2.30. The summed E-state index contributed by atoms with van der Waals surface area (Å²) in [4.78, 5) is 6.54. The highest BCUT2D eigenvalue weighted by Crippen LogP contribution is 2.18. The van der Waals surface area contributed by atoms with Crippen molar-refractivity contribution in [3.05, 3.63) is 65.2 Å². The summed E-state index contributed by atoms with van der Waals surface area (Å²) in [5.41, 5.74) is 10.7. The van der Waals surface area contributed by atoms with Gasteiger partial charge >= 0.3 is 0 Å². The highest BCUT2D eigenvalue weighted by molar-refractivity contribution is 14.0. The third-order valence-corrected chi connectivity index (χ3v) is 4.44. The number of nitrogens with one attached hydrogen (secondary N) is 1. The Hall–Kier alpha value is -1.64. The van der Waals surface area contributed by atoms with E-state index in [2.05, 4.69) is 39.5 Å². The molecule has 1 aliphatic heterocycles. The molecule has 1 atom stereocenters. The first-order valence-electron chi connectivity index (χ1n) is 8.71. The van der Waals surface area contributed by atoms with Crippen molar-refractivity contribution in [1.29, 1.82) is 0 Å². The molecule has 140 valence electrons. The zero-order valence-corrected chi connectivity index (χ0v) is 17.4. The van der Waals surface area contributed by atoms with E-state index in [4.69, 9.17) is 5.73 Å². The molecule has 2 aromatic rings. The van der Waals surface area contributed by atoms with Gasteiger partial charge in [0.05, 0.1) is 12.6 Å². The minimum absolute atomic E-state index is 0. The first-order valence-corrected chi connectivity index (χ1v) is 8.71. The van der Waals surface area contributed by atoms with E-state index in [1.54, 1.807) is 0 Å². The number of aliphatic hydroxyl groups excluding tert-OH is 1. The average Bonchev–Trinajstić information content (AvgIpc) is 2.60. The Morgan fingerprint density at radius 1 is 1.23 bits per heavy atom. The predicted octanol–water partition coefficient (Wildman–Crippen LogP) is 2.76. The van der Waals surface area contributed by atoms with Crippen LogP contribution in [-0.4, -0.2) is 41.7 Å². The Labute approximate surface area is 172 Å². The van der Waals surface area contributed by atoms with Crippen molar-refractivity contribution >= 4 is 35.6 Å². The number of aliphatic hydroxyl groups is 1. The van der Waals surface area contributed by atoms with Crippen molar-refractivity contribution < 1.29 is 5.11 Å². The fourth-order valence-electron chi connectivity index (χ4n) is 3.18. The number of benzene rings is 2. The van der Waals surface area contributed by atoms with Gasteiger partial charge in [-0.2, -0.15) is 0 Å². The molecule has 0 saturated carbocycles. The van der Waals surface area contributed by atoms with E-state index in [1.165, 1.54) is 11.1 Å². The molecule has 0 amide bonds. The van der Waals surface area contributed by atoms with E-state index in [9.17, 15) is 5.11 Å². The van der Waals surface area contributed by atoms with Gasteiger partial charge in [-0.1, -0.05) is 36.4 Å². The molecule has 0 bridgehead atoms. The molecule has 0 aromatic heterocycles. The summed E-state index contributed by atoms with van der Waals surface area (Å²) in [5, 5.41) is 13.3. The van der Waals surface area contributed by atoms with E-state index in [0.29, 0.717) is 19.0 Å². The Morgan fingerprint density at radius 3 is 2.77 bits per heavy atom. The SMILES string of the molecule is Cc1cccc(NC(N)=NCC(O)CN2CCc3ccccc3C2)c1.I. The summed E-state index contributed by atoms with van der Waals surface area (Å²) in [6, 6.07) is 16.4. The van der Waals surface area contributed by atoms with Gasteiger partial charge in [-0.05, 0) is 42.2 Å². The van der Waals surface area contributed by atoms with Crippen LogP contribution in [0.5, 0.6) is 0 Å². The number of nitrogens with two attached hydrogens (primary N) is 1. The second-order valence-electron chi connectivity index (χ2n) is 6.63. The molecule has 0 aliphatic carbocycles. The van der Waals surface area contributed by atoms with Crippen molar-refractivity contribution in [1.82, 2.24) is 4.90 Å². The van der Waals surface area contributed by atoms with E-state index in [0.717, 1.165) is 30.8 Å². The molecule has 4 N–H and O–H groups in total. The minimum Gasteiger partial charge on any atom is -0.390 e. The molecule has 0 fully saturated rings. The molecule has 2 aromatic carbocycles. The van der Waals surface area contributed by atoms with Crippen LogP contribution < -0.4 is 11.1 Å². The number of guanidine groups is 1. The Bertz CT molecular complexity index is 750. The topological polar surface area (TPSA) is 73.9 Å². The summed E-state index contributed by atoms with van der Waals surface area (Å²) in [6.07, 6.45) is 0.506. The first-order chi connectivity index (χ1) is 12.1. The van der Waals surface area contributed by atoms with Gasteiger partial charge in [0.25, 0.3) is 0 Å². The lowest BCUT2D eigenvalue weighted by Crippen LogP contribution is -2.38. The van der Waals surface area contributed by atoms with Gasteiger partial charge < -0.3 is 16.2 Å². The van der Waals surface area contributed by atoms with Crippen LogP contribution in [0.25, 0.3) is 0 Å². The van der Waals surface area contributed by atoms with Gasteiger partial charge in [-0.3, -0.25) is 9.89 Å². The number of fused-ring (bicyclic) bond motifs is 1. The standard InChI is InChI=1S/C20H26N4O.HI/c1-15-5-4-8-18(11-15)23-20(21)22-12-19(25)14-24-10-9-16-6-2-3-7-17(16)13-24;/h2-8,11,19,25H,9-10,12-14H2,1H3,(H3,21,22,23);1H. The molecule has 0 radical (unpaired) electrons. The Balaban J connectivity index is 0.00000243. The maximum absolute atomic E-state index is 10.3. The monoisotopic (exact) mass is 466 g/mol. The van der Waals surface area contributed by atoms with Gasteiger partial charge in [0.15, 0.2) is 5.96 Å². The molecule has 0 spiro atoms. The van der Waals surface area contributed by atoms with Crippen molar-refractivity contribution in [3.8, 4) is 0 Å². The number of anilines is 1. The lowest BCUT2D eigenvalue weighted by atomic mass is 10.00. The van der Waals surface area contributed by atoms with Gasteiger partial charge in [-0.25, -0.2) is 0 Å². The maximum atomic E-state index is 10.3. The third-order valence-electron chi connectivity index (χ3n) is 4.44. The fraction of sp³-hybridized carbons (Fsp3) is 0.350. The number of rotatable bonds is 5. The van der Waals surface area contributed by atoms with Crippen LogP contribution in [0, 0.1) is 6.92 Å². The largest absolute Gasteiger partial charge is 0.390 e. The fourth-order valence-corrected chi connectivity index (χ4v) is 3.18. The Morgan fingerprint density at radius 2 is 2.00 bits per heavy atom. The van der Waals surface area contributed by atoms with Crippen LogP contribution >= 0.6 is 24.0 Å². The number of β-amino-alcohol motifs (C(OH)–C–C–N with tert-alkyl or cyclic N) is 1. The van der Waals surface area contributed by atoms with Gasteiger partial charge in [0, 0.05) is 25.3 Å². The average molecular weight is 466 g/mol. The number of aliphatic imine (C=N–C) groups is 1. The van der Waals surface area contributed by atoms with E-state index >= 15 is 0 Å². The molecule has 5 nitrogen and oxygen atoms in total. The second kappa shape index (κ2) is 9.89. The number of hydrogen-bond acceptors (Lipinski definition) is 3. The molecule has 3 rings (SSSR count). The highest BCUT2D eigenvalue weighted by Gasteiger charge is 2.18. The van der Waals surface area contributed by atoms with Crippen LogP contribution in [0.15, 0.2) is 53.5 Å². The van der Waals surface area contributed by atoms with E-state index < -0.39 is 6.10 Å². The molecule has 1 aliphatic rings. The first kappa shape index (κ1) is 20.7. The van der Waals surface area contributed by atoms with E-state index in [-0.39, 0.29) is 24.0 Å². The summed E-state index contributed by atoms with van der Waals surface area (Å²) >= 11 is 0. The summed E-state index contributed by atoms with van der Waals surface area (Å²) in [5.74, 6) is 0.327. The molecule has 26 heavy (non-hydrogen) atoms. The number of hydrogen-bond donors (Lipinski definition) is 3. The quantitative estimate of drug-likeness (QED) is 0.360. The zero-order valence-electron chi connectivity index (χ0n) is 15.1. The third kappa shape index (κ3) is 5.96. The zero-order chi connectivity index (χ0) is 17.6. The maximum Gasteiger partial charge on any atom is 0.193 e. The van der Waals surface area contributed by atoms with Gasteiger partial charge in [0.1, 0.15) is 0 Å². The van der Waals surface area contributed by atoms with Crippen LogP contribution in [0.3, 0.4) is 0 Å². The molecule has 1 heterocycles. The molecular formula is C20H27IN4O. The highest BCUT2D eigenvalue weighted by atomic mass is 127. The number of nitrogens with zero attached hydrogens (tertiary/aromatic N) is 2. The van der Waals surface area contributed by atoms with Crippen molar-refractivity contribution in [2.75, 3.05) is 25.0 Å². The molecular weight excluding hydrogens is 439 g/mol. The van der Waals surface area contributed by atoms with Crippen LogP contribution in [0.1, 0.15) is 16.7 Å². The van der Waals surface area contributed by atoms with Crippen LogP contribution in [0.4, 0.5) is 5.69 Å². The lowest BCUT2D eigenvalue weighted by molar-refractivity contribution is 0.112. The predicted molar refractivity (Wildman–Crippen MR) is 118 cm³/mol. The smallest absolute Gasteiger partial charge is 0.193 e. The molecule has 6 heteroatoms. The van der Waals surface area contributed by atoms with Crippen LogP contribution in [0.2, 0.25) is 0 Å². The molecule has 0 saturated heterocycles. The van der Waals surface area contributed by atoms with Crippen molar-refractivity contribution in [2.45, 2.75) is 26.0 Å². The van der Waals surface area contributed by atoms with Crippen LogP contribution in [-0.2, 0) is 13.0 Å². The number of halogens is 1. The normalized spacial score (nSPS) is 15.7. The summed E-state index contributed by atoms with van der Waals surface area (Å²) < 4.78 is 0. The number of aryl methyl sites for hydroxylation is 1. The van der Waals surface area contributed by atoms with E-state index in [1.807, 2.05) is 31.2 Å². The van der Waals surface area contributed by atoms with Crippen molar-refractivity contribution in [2.24, 2.45) is 10.7 Å².